The normalized spacial score (nSPS) is 16.4. The predicted octanol–water partition coefficient (Wildman–Crippen LogP) is 2.11. The molecule has 0 saturated carbocycles. The van der Waals surface area contributed by atoms with Crippen molar-refractivity contribution in [3.63, 3.8) is 0 Å². The number of likely N-dealkylation sites (tertiary alicyclic amines) is 1. The van der Waals surface area contributed by atoms with Gasteiger partial charge >= 0.3 is 5.97 Å². The van der Waals surface area contributed by atoms with Crippen LogP contribution in [0.1, 0.15) is 38.7 Å². The quantitative estimate of drug-likeness (QED) is 0.708. The molecule has 0 spiro atoms. The van der Waals surface area contributed by atoms with E-state index in [1.807, 2.05) is 29.1 Å². The zero-order chi connectivity index (χ0) is 19.5. The molecule has 4 rings (SSSR count). The Morgan fingerprint density at radius 2 is 1.89 bits per heavy atom. The second kappa shape index (κ2) is 7.67. The van der Waals surface area contributed by atoms with Crippen LogP contribution in [0.15, 0.2) is 55.0 Å². The fourth-order valence-corrected chi connectivity index (χ4v) is 3.65. The minimum atomic E-state index is -0.934. The Balaban J connectivity index is 1.41. The van der Waals surface area contributed by atoms with E-state index in [0.717, 1.165) is 12.0 Å². The van der Waals surface area contributed by atoms with E-state index in [-0.39, 0.29) is 11.8 Å². The minimum Gasteiger partial charge on any atom is -0.478 e. The third kappa shape index (κ3) is 3.66. The Hall–Kier alpha value is -3.42. The molecule has 1 fully saturated rings. The van der Waals surface area contributed by atoms with Gasteiger partial charge in [-0.3, -0.25) is 14.2 Å². The minimum absolute atomic E-state index is 0.0261. The topological polar surface area (TPSA) is 93.2 Å². The lowest BCUT2D eigenvalue weighted by Crippen LogP contribution is -2.29. The second-order valence-electron chi connectivity index (χ2n) is 6.86. The zero-order valence-electron chi connectivity index (χ0n) is 15.3. The molecule has 8 nitrogen and oxygen atoms in total. The van der Waals surface area contributed by atoms with Crippen molar-refractivity contribution >= 4 is 11.9 Å². The lowest BCUT2D eigenvalue weighted by Gasteiger charge is -2.16. The molecule has 1 aliphatic heterocycles. The number of aryl methyl sites for hydroxylation is 2. The lowest BCUT2D eigenvalue weighted by atomic mass is 9.93. The molecule has 2 aromatic heterocycles. The number of rotatable bonds is 6. The summed E-state index contributed by atoms with van der Waals surface area (Å²) in [5, 5.41) is 17.9. The first-order valence-electron chi connectivity index (χ1n) is 9.24. The highest BCUT2D eigenvalue weighted by molar-refractivity contribution is 5.93. The monoisotopic (exact) mass is 379 g/mol. The highest BCUT2D eigenvalue weighted by Gasteiger charge is 2.31. The van der Waals surface area contributed by atoms with Crippen LogP contribution in [0.4, 0.5) is 0 Å². The van der Waals surface area contributed by atoms with Crippen molar-refractivity contribution in [1.82, 2.24) is 24.5 Å². The summed E-state index contributed by atoms with van der Waals surface area (Å²) in [7, 11) is 0. The van der Waals surface area contributed by atoms with Gasteiger partial charge in [-0.05, 0) is 30.2 Å². The maximum absolute atomic E-state index is 12.8. The highest BCUT2D eigenvalue weighted by Crippen LogP contribution is 2.30. The van der Waals surface area contributed by atoms with Crippen LogP contribution in [-0.2, 0) is 13.1 Å². The van der Waals surface area contributed by atoms with Crippen molar-refractivity contribution in [1.29, 1.82) is 0 Å². The number of carboxylic acids is 1. The largest absolute Gasteiger partial charge is 0.478 e. The number of carbonyl (C=O) groups excluding carboxylic acids is 1. The zero-order valence-corrected chi connectivity index (χ0v) is 15.3. The van der Waals surface area contributed by atoms with Gasteiger partial charge in [0.2, 0.25) is 0 Å². The average Bonchev–Trinajstić information content (AvgIpc) is 3.47. The van der Waals surface area contributed by atoms with Gasteiger partial charge in [0.05, 0.1) is 18.7 Å². The summed E-state index contributed by atoms with van der Waals surface area (Å²) in [6.45, 7) is 2.41. The number of carboxylic acid groups (broad SMARTS) is 1. The maximum atomic E-state index is 12.8. The highest BCUT2D eigenvalue weighted by atomic mass is 16.4. The molecule has 8 heteroatoms. The maximum Gasteiger partial charge on any atom is 0.335 e. The van der Waals surface area contributed by atoms with Crippen LogP contribution in [0.25, 0.3) is 0 Å². The standard InChI is InChI=1S/C20H21N5O3/c26-19(18-7-11-25(22-18)13-12-24-9-3-8-21-24)23-10-6-15(14-23)16-4-1-2-5-17(16)20(27)28/h1-5,7-9,11,15H,6,10,12-14H2,(H,27,28). The number of hydrogen-bond donors (Lipinski definition) is 1. The first-order chi connectivity index (χ1) is 13.6. The molecule has 1 aromatic carbocycles. The van der Waals surface area contributed by atoms with E-state index in [9.17, 15) is 14.7 Å². The van der Waals surface area contributed by atoms with Gasteiger partial charge in [0, 0.05) is 37.6 Å². The van der Waals surface area contributed by atoms with Gasteiger partial charge in [0.15, 0.2) is 0 Å². The smallest absolute Gasteiger partial charge is 0.335 e. The summed E-state index contributed by atoms with van der Waals surface area (Å²) in [5.74, 6) is -1.03. The first-order valence-corrected chi connectivity index (χ1v) is 9.24. The van der Waals surface area contributed by atoms with Gasteiger partial charge in [-0.2, -0.15) is 10.2 Å². The van der Waals surface area contributed by atoms with Gasteiger partial charge < -0.3 is 10.0 Å². The molecular formula is C20H21N5O3. The SMILES string of the molecule is O=C(O)c1ccccc1C1CCN(C(=O)c2ccn(CCn3cccn3)n2)C1. The molecule has 28 heavy (non-hydrogen) atoms. The predicted molar refractivity (Wildman–Crippen MR) is 101 cm³/mol. The van der Waals surface area contributed by atoms with Crippen molar-refractivity contribution in [2.45, 2.75) is 25.4 Å². The van der Waals surface area contributed by atoms with Gasteiger partial charge in [0.25, 0.3) is 5.91 Å². The van der Waals surface area contributed by atoms with Crippen LogP contribution < -0.4 is 0 Å². The summed E-state index contributed by atoms with van der Waals surface area (Å²) in [6, 6.07) is 10.6. The van der Waals surface area contributed by atoms with Crippen molar-refractivity contribution < 1.29 is 14.7 Å². The van der Waals surface area contributed by atoms with Gasteiger partial charge in [-0.1, -0.05) is 18.2 Å². The van der Waals surface area contributed by atoms with E-state index in [1.54, 1.807) is 40.2 Å². The van der Waals surface area contributed by atoms with Crippen LogP contribution in [0, 0.1) is 0 Å². The summed E-state index contributed by atoms with van der Waals surface area (Å²) < 4.78 is 3.55. The molecule has 0 bridgehead atoms. The molecule has 3 heterocycles. The number of benzene rings is 1. The van der Waals surface area contributed by atoms with Crippen LogP contribution in [-0.4, -0.2) is 54.5 Å². The Kier molecular flexibility index (Phi) is 4.92. The Bertz CT molecular complexity index is 979. The number of amides is 1. The molecule has 0 radical (unpaired) electrons. The molecule has 1 N–H and O–H groups in total. The number of aromatic carboxylic acids is 1. The molecule has 0 aliphatic carbocycles. The molecule has 1 unspecified atom stereocenters. The Morgan fingerprint density at radius 3 is 2.68 bits per heavy atom. The van der Waals surface area contributed by atoms with Crippen LogP contribution >= 0.6 is 0 Å². The second-order valence-corrected chi connectivity index (χ2v) is 6.86. The summed E-state index contributed by atoms with van der Waals surface area (Å²) in [5.41, 5.74) is 1.51. The fourth-order valence-electron chi connectivity index (χ4n) is 3.65. The fraction of sp³-hybridized carbons (Fsp3) is 0.300. The molecule has 1 saturated heterocycles. The van der Waals surface area contributed by atoms with Gasteiger partial charge in [0.1, 0.15) is 5.69 Å². The molecule has 1 atom stereocenters. The summed E-state index contributed by atoms with van der Waals surface area (Å²) in [6.07, 6.45) is 6.15. The van der Waals surface area contributed by atoms with Crippen molar-refractivity contribution in [3.05, 3.63) is 71.8 Å². The van der Waals surface area contributed by atoms with E-state index >= 15 is 0 Å². The van der Waals surface area contributed by atoms with Crippen molar-refractivity contribution in [3.8, 4) is 0 Å². The number of aromatic nitrogens is 4. The third-order valence-electron chi connectivity index (χ3n) is 5.08. The first kappa shape index (κ1) is 18.0. The summed E-state index contributed by atoms with van der Waals surface area (Å²) >= 11 is 0. The van der Waals surface area contributed by atoms with Gasteiger partial charge in [-0.15, -0.1) is 0 Å². The van der Waals surface area contributed by atoms with E-state index in [4.69, 9.17) is 0 Å². The van der Waals surface area contributed by atoms with Crippen LogP contribution in [0.2, 0.25) is 0 Å². The van der Waals surface area contributed by atoms with E-state index in [1.165, 1.54) is 0 Å². The van der Waals surface area contributed by atoms with Crippen LogP contribution in [0.5, 0.6) is 0 Å². The van der Waals surface area contributed by atoms with E-state index in [2.05, 4.69) is 10.2 Å². The number of carbonyl (C=O) groups is 2. The van der Waals surface area contributed by atoms with E-state index in [0.29, 0.717) is 37.4 Å². The number of nitrogens with zero attached hydrogens (tertiary/aromatic N) is 5. The van der Waals surface area contributed by atoms with Crippen LogP contribution in [0.3, 0.4) is 0 Å². The molecule has 1 aliphatic rings. The average molecular weight is 379 g/mol. The lowest BCUT2D eigenvalue weighted by molar-refractivity contribution is 0.0695. The molecule has 144 valence electrons. The Morgan fingerprint density at radius 1 is 1.07 bits per heavy atom. The van der Waals surface area contributed by atoms with Crippen molar-refractivity contribution in [2.75, 3.05) is 13.1 Å². The molecule has 3 aromatic rings. The summed E-state index contributed by atoms with van der Waals surface area (Å²) in [4.78, 5) is 26.0. The molecule has 1 amide bonds. The molecular weight excluding hydrogens is 358 g/mol. The number of hydrogen-bond acceptors (Lipinski definition) is 4. The van der Waals surface area contributed by atoms with Gasteiger partial charge in [-0.25, -0.2) is 4.79 Å². The van der Waals surface area contributed by atoms with Crippen molar-refractivity contribution in [2.24, 2.45) is 0 Å². The Labute approximate surface area is 162 Å². The van der Waals surface area contributed by atoms with E-state index < -0.39 is 5.97 Å². The third-order valence-corrected chi connectivity index (χ3v) is 5.08.